The summed E-state index contributed by atoms with van der Waals surface area (Å²) in [6.07, 6.45) is 1.53. The molecule has 0 aliphatic heterocycles. The number of nitrogens with zero attached hydrogens (tertiary/aromatic N) is 2. The fraction of sp³-hybridized carbons (Fsp3) is 0.167. The Morgan fingerprint density at radius 3 is 2.76 bits per heavy atom. The van der Waals surface area contributed by atoms with Crippen molar-refractivity contribution in [2.45, 2.75) is 6.42 Å². The highest BCUT2D eigenvalue weighted by molar-refractivity contribution is 5.70. The molecule has 2 rings (SSSR count). The van der Waals surface area contributed by atoms with Crippen LogP contribution in [0.1, 0.15) is 5.69 Å². The van der Waals surface area contributed by atoms with Crippen LogP contribution in [-0.2, 0) is 18.3 Å². The first-order valence-corrected chi connectivity index (χ1v) is 5.10. The topological polar surface area (TPSA) is 75.4 Å². The van der Waals surface area contributed by atoms with Crippen molar-refractivity contribution in [2.75, 3.05) is 0 Å². The highest BCUT2D eigenvalue weighted by Gasteiger charge is 2.12. The van der Waals surface area contributed by atoms with Gasteiger partial charge < -0.3 is 14.8 Å². The maximum Gasteiger partial charge on any atom is 0.309 e. The van der Waals surface area contributed by atoms with E-state index in [4.69, 9.17) is 5.11 Å². The van der Waals surface area contributed by atoms with E-state index in [0.717, 1.165) is 0 Å². The summed E-state index contributed by atoms with van der Waals surface area (Å²) in [6, 6.07) is 6.82. The van der Waals surface area contributed by atoms with Crippen molar-refractivity contribution >= 4 is 5.97 Å². The Labute approximate surface area is 98.0 Å². The Kier molecular flexibility index (Phi) is 2.82. The maximum atomic E-state index is 10.6. The molecule has 1 heterocycles. The van der Waals surface area contributed by atoms with Crippen molar-refractivity contribution in [3.63, 3.8) is 0 Å². The van der Waals surface area contributed by atoms with Crippen molar-refractivity contribution in [3.8, 4) is 17.1 Å². The van der Waals surface area contributed by atoms with Gasteiger partial charge >= 0.3 is 5.97 Å². The molecule has 88 valence electrons. The van der Waals surface area contributed by atoms with Crippen molar-refractivity contribution in [3.05, 3.63) is 36.2 Å². The molecule has 0 aliphatic rings. The number of aryl methyl sites for hydroxylation is 1. The van der Waals surface area contributed by atoms with E-state index >= 15 is 0 Å². The van der Waals surface area contributed by atoms with Crippen LogP contribution in [0.5, 0.6) is 5.75 Å². The number of benzene rings is 1. The van der Waals surface area contributed by atoms with Gasteiger partial charge in [-0.05, 0) is 12.1 Å². The van der Waals surface area contributed by atoms with Crippen LogP contribution in [0.25, 0.3) is 11.4 Å². The number of aromatic nitrogens is 2. The number of carboxylic acid groups (broad SMARTS) is 1. The van der Waals surface area contributed by atoms with Crippen LogP contribution in [0, 0.1) is 0 Å². The van der Waals surface area contributed by atoms with Crippen LogP contribution in [0.3, 0.4) is 0 Å². The Morgan fingerprint density at radius 1 is 1.41 bits per heavy atom. The van der Waals surface area contributed by atoms with Crippen LogP contribution in [0.2, 0.25) is 0 Å². The molecule has 1 aromatic carbocycles. The molecule has 2 aromatic rings. The largest absolute Gasteiger partial charge is 0.507 e. The minimum Gasteiger partial charge on any atom is -0.507 e. The molecule has 0 aliphatic carbocycles. The Hall–Kier alpha value is -2.30. The third kappa shape index (κ3) is 2.28. The van der Waals surface area contributed by atoms with Gasteiger partial charge in [0.25, 0.3) is 0 Å². The minimum atomic E-state index is -0.924. The first kappa shape index (κ1) is 11.2. The van der Waals surface area contributed by atoms with Gasteiger partial charge in [0.05, 0.1) is 17.7 Å². The quantitative estimate of drug-likeness (QED) is 0.839. The van der Waals surface area contributed by atoms with E-state index in [-0.39, 0.29) is 12.2 Å². The molecule has 0 radical (unpaired) electrons. The summed E-state index contributed by atoms with van der Waals surface area (Å²) in [5.74, 6) is -0.241. The van der Waals surface area contributed by atoms with E-state index in [1.807, 2.05) is 0 Å². The lowest BCUT2D eigenvalue weighted by Gasteiger charge is -2.03. The molecule has 0 fully saturated rings. The zero-order valence-corrected chi connectivity index (χ0v) is 9.29. The molecule has 0 saturated heterocycles. The molecule has 5 nitrogen and oxygen atoms in total. The lowest BCUT2D eigenvalue weighted by atomic mass is 10.2. The molecule has 0 unspecified atom stereocenters. The van der Waals surface area contributed by atoms with E-state index in [2.05, 4.69) is 4.98 Å². The molecule has 2 N–H and O–H groups in total. The van der Waals surface area contributed by atoms with Gasteiger partial charge in [-0.3, -0.25) is 4.79 Å². The number of para-hydroxylation sites is 1. The first-order valence-electron chi connectivity index (χ1n) is 5.10. The van der Waals surface area contributed by atoms with E-state index < -0.39 is 5.97 Å². The second-order valence-electron chi connectivity index (χ2n) is 3.75. The van der Waals surface area contributed by atoms with Crippen molar-refractivity contribution in [1.82, 2.24) is 9.55 Å². The maximum absolute atomic E-state index is 10.6. The number of imidazole rings is 1. The smallest absolute Gasteiger partial charge is 0.309 e. The highest BCUT2D eigenvalue weighted by atomic mass is 16.4. The summed E-state index contributed by atoms with van der Waals surface area (Å²) >= 11 is 0. The number of aromatic hydroxyl groups is 1. The SMILES string of the molecule is Cn1cc(CC(=O)O)nc1-c1ccccc1O. The fourth-order valence-electron chi connectivity index (χ4n) is 1.68. The van der Waals surface area contributed by atoms with Gasteiger partial charge in [0.1, 0.15) is 11.6 Å². The minimum absolute atomic E-state index is 0.124. The average Bonchev–Trinajstić information content (AvgIpc) is 2.59. The number of hydrogen-bond acceptors (Lipinski definition) is 3. The number of phenols is 1. The van der Waals surface area contributed by atoms with Gasteiger partial charge in [-0.2, -0.15) is 0 Å². The second kappa shape index (κ2) is 4.29. The normalized spacial score (nSPS) is 10.4. The molecule has 0 amide bonds. The summed E-state index contributed by atoms with van der Waals surface area (Å²) in [6.45, 7) is 0. The van der Waals surface area contributed by atoms with Crippen LogP contribution in [0.4, 0.5) is 0 Å². The molecule has 0 saturated carbocycles. The molecule has 0 spiro atoms. The number of hydrogen-bond donors (Lipinski definition) is 2. The monoisotopic (exact) mass is 232 g/mol. The molecule has 0 bridgehead atoms. The number of carboxylic acids is 1. The lowest BCUT2D eigenvalue weighted by Crippen LogP contribution is -1.99. The van der Waals surface area contributed by atoms with E-state index in [0.29, 0.717) is 17.1 Å². The standard InChI is InChI=1S/C12H12N2O3/c1-14-7-8(6-11(16)17)13-12(14)9-4-2-3-5-10(9)15/h2-5,7,15H,6H2,1H3,(H,16,17). The van der Waals surface area contributed by atoms with Crippen LogP contribution < -0.4 is 0 Å². The lowest BCUT2D eigenvalue weighted by molar-refractivity contribution is -0.136. The van der Waals surface area contributed by atoms with Gasteiger partial charge in [-0.15, -0.1) is 0 Å². The molecular formula is C12H12N2O3. The van der Waals surface area contributed by atoms with Gasteiger partial charge in [0, 0.05) is 13.2 Å². The van der Waals surface area contributed by atoms with Crippen LogP contribution in [-0.4, -0.2) is 25.7 Å². The summed E-state index contributed by atoms with van der Waals surface area (Å²) in [7, 11) is 1.76. The van der Waals surface area contributed by atoms with E-state index in [1.54, 1.807) is 42.1 Å². The van der Waals surface area contributed by atoms with Gasteiger partial charge in [0.2, 0.25) is 0 Å². The summed E-state index contributed by atoms with van der Waals surface area (Å²) < 4.78 is 1.70. The molecule has 5 heteroatoms. The average molecular weight is 232 g/mol. The van der Waals surface area contributed by atoms with Gasteiger partial charge in [-0.25, -0.2) is 4.98 Å². The molecule has 17 heavy (non-hydrogen) atoms. The van der Waals surface area contributed by atoms with Crippen molar-refractivity contribution in [2.24, 2.45) is 7.05 Å². The number of phenolic OH excluding ortho intramolecular Hbond substituents is 1. The molecule has 0 atom stereocenters. The number of carbonyl (C=O) groups is 1. The third-order valence-corrected chi connectivity index (χ3v) is 2.40. The Morgan fingerprint density at radius 2 is 2.12 bits per heavy atom. The number of aliphatic carboxylic acids is 1. The zero-order valence-electron chi connectivity index (χ0n) is 9.29. The highest BCUT2D eigenvalue weighted by Crippen LogP contribution is 2.27. The zero-order chi connectivity index (χ0) is 12.4. The van der Waals surface area contributed by atoms with E-state index in [9.17, 15) is 9.90 Å². The summed E-state index contributed by atoms with van der Waals surface area (Å²) in [5, 5.41) is 18.4. The number of rotatable bonds is 3. The van der Waals surface area contributed by atoms with Gasteiger partial charge in [-0.1, -0.05) is 12.1 Å². The predicted molar refractivity (Wildman–Crippen MR) is 61.6 cm³/mol. The molecule has 1 aromatic heterocycles. The molecular weight excluding hydrogens is 220 g/mol. The van der Waals surface area contributed by atoms with Crippen molar-refractivity contribution in [1.29, 1.82) is 0 Å². The Balaban J connectivity index is 2.43. The van der Waals surface area contributed by atoms with Crippen LogP contribution >= 0.6 is 0 Å². The summed E-state index contributed by atoms with van der Waals surface area (Å²) in [5.41, 5.74) is 1.06. The summed E-state index contributed by atoms with van der Waals surface area (Å²) in [4.78, 5) is 14.8. The predicted octanol–water partition coefficient (Wildman–Crippen LogP) is 1.42. The van der Waals surface area contributed by atoms with Crippen molar-refractivity contribution < 1.29 is 15.0 Å². The second-order valence-corrected chi connectivity index (χ2v) is 3.75. The third-order valence-electron chi connectivity index (χ3n) is 2.40. The van der Waals surface area contributed by atoms with Gasteiger partial charge in [0.15, 0.2) is 0 Å². The fourth-order valence-corrected chi connectivity index (χ4v) is 1.68. The first-order chi connectivity index (χ1) is 8.08. The van der Waals surface area contributed by atoms with Crippen LogP contribution in [0.15, 0.2) is 30.5 Å². The Bertz CT molecular complexity index is 561. The van der Waals surface area contributed by atoms with E-state index in [1.165, 1.54) is 0 Å².